The molecule has 2 amide bonds. The molecule has 2 rings (SSSR count). The van der Waals surface area contributed by atoms with E-state index in [4.69, 9.17) is 28.3 Å². The Kier molecular flexibility index (Phi) is 5.26. The van der Waals surface area contributed by atoms with Gasteiger partial charge in [-0.2, -0.15) is 0 Å². The van der Waals surface area contributed by atoms with E-state index in [-0.39, 0.29) is 23.5 Å². The van der Waals surface area contributed by atoms with Crippen molar-refractivity contribution in [2.75, 3.05) is 6.54 Å². The van der Waals surface area contributed by atoms with Crippen LogP contribution in [0.3, 0.4) is 0 Å². The van der Waals surface area contributed by atoms with Crippen LogP contribution in [0.1, 0.15) is 23.2 Å². The van der Waals surface area contributed by atoms with Gasteiger partial charge in [-0.05, 0) is 31.0 Å². The molecule has 0 atom stereocenters. The van der Waals surface area contributed by atoms with Gasteiger partial charge in [0.2, 0.25) is 5.91 Å². The molecule has 1 aliphatic carbocycles. The summed E-state index contributed by atoms with van der Waals surface area (Å²) in [6.07, 6.45) is 0.837. The maximum atomic E-state index is 11.9. The summed E-state index contributed by atoms with van der Waals surface area (Å²) < 4.78 is 0. The van der Waals surface area contributed by atoms with Gasteiger partial charge >= 0.3 is 5.97 Å². The largest absolute Gasteiger partial charge is 0.481 e. The first-order valence-corrected chi connectivity index (χ1v) is 7.38. The van der Waals surface area contributed by atoms with Gasteiger partial charge in [0.15, 0.2) is 0 Å². The monoisotopic (exact) mass is 344 g/mol. The van der Waals surface area contributed by atoms with Gasteiger partial charge in [0.1, 0.15) is 0 Å². The molecule has 0 aromatic heterocycles. The van der Waals surface area contributed by atoms with Gasteiger partial charge in [0, 0.05) is 11.6 Å². The summed E-state index contributed by atoms with van der Waals surface area (Å²) in [6.45, 7) is -0.187. The normalized spacial score (nSPS) is 19.9. The molecule has 1 aliphatic rings. The van der Waals surface area contributed by atoms with E-state index >= 15 is 0 Å². The van der Waals surface area contributed by atoms with E-state index in [0.29, 0.717) is 23.4 Å². The summed E-state index contributed by atoms with van der Waals surface area (Å²) >= 11 is 11.6. The lowest BCUT2D eigenvalue weighted by atomic mass is 9.80. The van der Waals surface area contributed by atoms with E-state index in [9.17, 15) is 14.4 Å². The fourth-order valence-electron chi connectivity index (χ4n) is 2.12. The molecular weight excluding hydrogens is 331 g/mol. The van der Waals surface area contributed by atoms with E-state index in [1.54, 1.807) is 0 Å². The molecule has 1 aromatic rings. The number of hydrogen-bond donors (Lipinski definition) is 3. The van der Waals surface area contributed by atoms with E-state index < -0.39 is 17.8 Å². The molecule has 0 aliphatic heterocycles. The Bertz CT molecular complexity index is 615. The molecule has 0 spiro atoms. The van der Waals surface area contributed by atoms with Crippen LogP contribution in [0.2, 0.25) is 10.0 Å². The van der Waals surface area contributed by atoms with Crippen molar-refractivity contribution in [3.05, 3.63) is 33.8 Å². The number of amides is 2. The average Bonchev–Trinajstić information content (AvgIpc) is 2.42. The van der Waals surface area contributed by atoms with Gasteiger partial charge in [-0.25, -0.2) is 0 Å². The summed E-state index contributed by atoms with van der Waals surface area (Å²) in [4.78, 5) is 34.2. The van der Waals surface area contributed by atoms with Crippen LogP contribution < -0.4 is 10.6 Å². The highest BCUT2D eigenvalue weighted by Crippen LogP contribution is 2.27. The molecule has 1 fully saturated rings. The van der Waals surface area contributed by atoms with Gasteiger partial charge in [-0.15, -0.1) is 0 Å². The molecular formula is C14H14Cl2N2O4. The minimum absolute atomic E-state index is 0.143. The first-order valence-electron chi connectivity index (χ1n) is 6.62. The quantitative estimate of drug-likeness (QED) is 0.757. The van der Waals surface area contributed by atoms with Gasteiger partial charge in [0.05, 0.1) is 22.5 Å². The Labute approximate surface area is 136 Å². The highest BCUT2D eigenvalue weighted by molar-refractivity contribution is 6.42. The highest BCUT2D eigenvalue weighted by Gasteiger charge is 2.35. The van der Waals surface area contributed by atoms with Crippen LogP contribution in [0, 0.1) is 5.92 Å². The molecule has 1 saturated carbocycles. The number of carboxylic acids is 1. The Morgan fingerprint density at radius 1 is 1.18 bits per heavy atom. The summed E-state index contributed by atoms with van der Waals surface area (Å²) in [7, 11) is 0. The lowest BCUT2D eigenvalue weighted by molar-refractivity contribution is -0.146. The summed E-state index contributed by atoms with van der Waals surface area (Å²) in [5.74, 6) is -2.04. The Balaban J connectivity index is 1.75. The highest BCUT2D eigenvalue weighted by atomic mass is 35.5. The molecule has 6 nitrogen and oxygen atoms in total. The van der Waals surface area contributed by atoms with Gasteiger partial charge in [-0.1, -0.05) is 23.2 Å². The van der Waals surface area contributed by atoms with Crippen molar-refractivity contribution >= 4 is 41.0 Å². The fraction of sp³-hybridized carbons (Fsp3) is 0.357. The number of aliphatic carboxylic acids is 1. The Hall–Kier alpha value is -1.79. The van der Waals surface area contributed by atoms with Crippen molar-refractivity contribution in [1.29, 1.82) is 0 Å². The number of benzene rings is 1. The van der Waals surface area contributed by atoms with Crippen molar-refractivity contribution in [3.63, 3.8) is 0 Å². The number of nitrogens with one attached hydrogen (secondary N) is 2. The second kappa shape index (κ2) is 6.98. The predicted molar refractivity (Wildman–Crippen MR) is 81.1 cm³/mol. The zero-order valence-electron chi connectivity index (χ0n) is 11.4. The van der Waals surface area contributed by atoms with E-state index in [2.05, 4.69) is 10.6 Å². The maximum Gasteiger partial charge on any atom is 0.306 e. The fourth-order valence-corrected chi connectivity index (χ4v) is 2.41. The SMILES string of the molecule is O=C(CNC(=O)c1ccc(Cl)c(Cl)c1)NC1CC(C(=O)O)C1. The topological polar surface area (TPSA) is 95.5 Å². The first-order chi connectivity index (χ1) is 10.4. The summed E-state index contributed by atoms with van der Waals surface area (Å²) in [5.41, 5.74) is 0.303. The number of carbonyl (C=O) groups excluding carboxylic acids is 2. The zero-order chi connectivity index (χ0) is 16.3. The van der Waals surface area contributed by atoms with Crippen LogP contribution in [0.15, 0.2) is 18.2 Å². The number of carboxylic acid groups (broad SMARTS) is 1. The molecule has 118 valence electrons. The van der Waals surface area contributed by atoms with Crippen LogP contribution in [0.4, 0.5) is 0 Å². The molecule has 0 heterocycles. The number of carbonyl (C=O) groups is 3. The molecule has 3 N–H and O–H groups in total. The second-order valence-electron chi connectivity index (χ2n) is 5.08. The molecule has 1 aromatic carbocycles. The van der Waals surface area contributed by atoms with Gasteiger partial charge in [0.25, 0.3) is 5.91 Å². The zero-order valence-corrected chi connectivity index (χ0v) is 12.9. The van der Waals surface area contributed by atoms with Crippen molar-refractivity contribution in [3.8, 4) is 0 Å². The van der Waals surface area contributed by atoms with E-state index in [1.807, 2.05) is 0 Å². The minimum Gasteiger partial charge on any atom is -0.481 e. The van der Waals surface area contributed by atoms with Gasteiger partial charge in [-0.3, -0.25) is 14.4 Å². The van der Waals surface area contributed by atoms with Crippen LogP contribution in [-0.4, -0.2) is 35.5 Å². The van der Waals surface area contributed by atoms with Crippen molar-refractivity contribution in [2.45, 2.75) is 18.9 Å². The summed E-state index contributed by atoms with van der Waals surface area (Å²) in [5, 5.41) is 14.5. The molecule has 0 saturated heterocycles. The van der Waals surface area contributed by atoms with Crippen LogP contribution in [0.25, 0.3) is 0 Å². The third-order valence-corrected chi connectivity index (χ3v) is 4.18. The lowest BCUT2D eigenvalue weighted by Crippen LogP contribution is -2.49. The second-order valence-corrected chi connectivity index (χ2v) is 5.90. The smallest absolute Gasteiger partial charge is 0.306 e. The molecule has 8 heteroatoms. The predicted octanol–water partition coefficient (Wildman–Crippen LogP) is 1.70. The summed E-state index contributed by atoms with van der Waals surface area (Å²) in [6, 6.07) is 4.28. The average molecular weight is 345 g/mol. The third kappa shape index (κ3) is 4.11. The molecule has 0 bridgehead atoms. The molecule has 22 heavy (non-hydrogen) atoms. The first kappa shape index (κ1) is 16.6. The minimum atomic E-state index is -0.849. The maximum absolute atomic E-state index is 11.9. The van der Waals surface area contributed by atoms with Crippen LogP contribution in [-0.2, 0) is 9.59 Å². The lowest BCUT2D eigenvalue weighted by Gasteiger charge is -2.32. The van der Waals surface area contributed by atoms with E-state index in [0.717, 1.165) is 0 Å². The number of hydrogen-bond acceptors (Lipinski definition) is 3. The van der Waals surface area contributed by atoms with Crippen molar-refractivity contribution < 1.29 is 19.5 Å². The van der Waals surface area contributed by atoms with E-state index in [1.165, 1.54) is 18.2 Å². The van der Waals surface area contributed by atoms with Gasteiger partial charge < -0.3 is 15.7 Å². The number of halogens is 2. The van der Waals surface area contributed by atoms with Crippen LogP contribution in [0.5, 0.6) is 0 Å². The van der Waals surface area contributed by atoms with Crippen LogP contribution >= 0.6 is 23.2 Å². The third-order valence-electron chi connectivity index (χ3n) is 3.44. The number of rotatable bonds is 5. The Morgan fingerprint density at radius 2 is 1.86 bits per heavy atom. The molecule has 0 unspecified atom stereocenters. The molecule has 0 radical (unpaired) electrons. The standard InChI is InChI=1S/C14H14Cl2N2O4/c15-10-2-1-7(5-11(10)16)13(20)17-6-12(19)18-9-3-8(4-9)14(21)22/h1-2,5,8-9H,3-4,6H2,(H,17,20)(H,18,19)(H,21,22). The van der Waals surface area contributed by atoms with Crippen molar-refractivity contribution in [1.82, 2.24) is 10.6 Å². The van der Waals surface area contributed by atoms with Crippen molar-refractivity contribution in [2.24, 2.45) is 5.92 Å². The Morgan fingerprint density at radius 3 is 2.45 bits per heavy atom.